The molecule has 0 spiro atoms. The molecule has 0 N–H and O–H groups in total. The number of hydrogen-bond donors (Lipinski definition) is 0. The molecule has 0 bridgehead atoms. The van der Waals surface area contributed by atoms with Gasteiger partial charge in [-0.3, -0.25) is 9.69 Å². The number of halogens is 3. The second-order valence-electron chi connectivity index (χ2n) is 6.14. The summed E-state index contributed by atoms with van der Waals surface area (Å²) < 4.78 is 53.4. The molecule has 2 rings (SSSR count). The van der Waals surface area contributed by atoms with E-state index in [4.69, 9.17) is 14.2 Å². The summed E-state index contributed by atoms with van der Waals surface area (Å²) in [5, 5.41) is 0. The van der Waals surface area contributed by atoms with Gasteiger partial charge in [-0.05, 0) is 35.4 Å². The quantitative estimate of drug-likeness (QED) is 0.633. The first-order valence-electron chi connectivity index (χ1n) is 8.42. The minimum atomic E-state index is -4.39. The molecule has 0 saturated carbocycles. The zero-order chi connectivity index (χ0) is 20.7. The Balaban J connectivity index is 2.21. The van der Waals surface area contributed by atoms with E-state index in [-0.39, 0.29) is 13.1 Å². The topological polar surface area (TPSA) is 48.0 Å². The number of rotatable bonds is 8. The molecule has 0 aliphatic heterocycles. The Morgan fingerprint density at radius 2 is 1.43 bits per heavy atom. The zero-order valence-electron chi connectivity index (χ0n) is 15.9. The lowest BCUT2D eigenvalue weighted by molar-refractivity contribution is -0.142. The van der Waals surface area contributed by atoms with Crippen molar-refractivity contribution in [1.82, 2.24) is 4.90 Å². The highest BCUT2D eigenvalue weighted by molar-refractivity contribution is 5.71. The molecular formula is C20H22F3NO4. The van der Waals surface area contributed by atoms with Gasteiger partial charge in [0.1, 0.15) is 11.5 Å². The van der Waals surface area contributed by atoms with Crippen LogP contribution in [0, 0.1) is 0 Å². The molecule has 0 unspecified atom stereocenters. The van der Waals surface area contributed by atoms with Gasteiger partial charge in [0, 0.05) is 19.2 Å². The minimum Gasteiger partial charge on any atom is -0.497 e. The maximum atomic E-state index is 12.7. The molecule has 0 atom stereocenters. The number of carbonyl (C=O) groups excluding carboxylic acids is 1. The van der Waals surface area contributed by atoms with E-state index in [0.29, 0.717) is 23.6 Å². The van der Waals surface area contributed by atoms with Gasteiger partial charge in [-0.15, -0.1) is 0 Å². The van der Waals surface area contributed by atoms with Crippen molar-refractivity contribution < 1.29 is 32.2 Å². The van der Waals surface area contributed by atoms with Crippen molar-refractivity contribution in [2.24, 2.45) is 0 Å². The third-order valence-electron chi connectivity index (χ3n) is 4.09. The van der Waals surface area contributed by atoms with Gasteiger partial charge in [-0.2, -0.15) is 13.2 Å². The van der Waals surface area contributed by atoms with Crippen molar-refractivity contribution in [2.75, 3.05) is 27.9 Å². The first-order valence-corrected chi connectivity index (χ1v) is 8.42. The summed E-state index contributed by atoms with van der Waals surface area (Å²) >= 11 is 0. The number of ether oxygens (including phenoxy) is 3. The Kier molecular flexibility index (Phi) is 7.28. The number of hydrogen-bond acceptors (Lipinski definition) is 5. The highest BCUT2D eigenvalue weighted by Gasteiger charge is 2.30. The zero-order valence-corrected chi connectivity index (χ0v) is 15.9. The van der Waals surface area contributed by atoms with Crippen LogP contribution in [-0.4, -0.2) is 38.7 Å². The van der Waals surface area contributed by atoms with Gasteiger partial charge >= 0.3 is 12.1 Å². The fourth-order valence-corrected chi connectivity index (χ4v) is 2.69. The van der Waals surface area contributed by atoms with Crippen molar-refractivity contribution in [1.29, 1.82) is 0 Å². The summed E-state index contributed by atoms with van der Waals surface area (Å²) in [4.78, 5) is 13.5. The van der Waals surface area contributed by atoms with E-state index in [1.54, 1.807) is 23.1 Å². The van der Waals surface area contributed by atoms with Crippen LogP contribution in [0.25, 0.3) is 0 Å². The predicted molar refractivity (Wildman–Crippen MR) is 97.1 cm³/mol. The molecule has 0 fully saturated rings. The summed E-state index contributed by atoms with van der Waals surface area (Å²) in [6.45, 7) is 0.605. The Labute approximate surface area is 161 Å². The number of esters is 1. The largest absolute Gasteiger partial charge is 0.497 e. The van der Waals surface area contributed by atoms with Crippen LogP contribution in [0.3, 0.4) is 0 Å². The van der Waals surface area contributed by atoms with E-state index in [1.807, 2.05) is 0 Å². The average molecular weight is 397 g/mol. The second kappa shape index (κ2) is 9.45. The molecule has 0 radical (unpaired) electrons. The van der Waals surface area contributed by atoms with E-state index in [1.165, 1.54) is 33.5 Å². The third kappa shape index (κ3) is 6.16. The fourth-order valence-electron chi connectivity index (χ4n) is 2.69. The standard InChI is InChI=1S/C20H22F3NO4/c1-26-17-8-15(9-18(10-17)27-2)12-24(13-19(25)28-3)11-14-4-6-16(7-5-14)20(21,22)23/h4-10H,11-13H2,1-3H3. The first kappa shape index (κ1) is 21.6. The Bertz CT molecular complexity index is 769. The number of nitrogens with zero attached hydrogens (tertiary/aromatic N) is 1. The van der Waals surface area contributed by atoms with Crippen LogP contribution < -0.4 is 9.47 Å². The molecule has 5 nitrogen and oxygen atoms in total. The van der Waals surface area contributed by atoms with E-state index in [0.717, 1.165) is 17.7 Å². The highest BCUT2D eigenvalue weighted by atomic mass is 19.4. The van der Waals surface area contributed by atoms with Crippen LogP contribution in [0.15, 0.2) is 42.5 Å². The van der Waals surface area contributed by atoms with Crippen LogP contribution in [0.1, 0.15) is 16.7 Å². The normalized spacial score (nSPS) is 11.4. The van der Waals surface area contributed by atoms with Gasteiger partial charge in [0.15, 0.2) is 0 Å². The summed E-state index contributed by atoms with van der Waals surface area (Å²) in [6.07, 6.45) is -4.39. The van der Waals surface area contributed by atoms with Crippen molar-refractivity contribution in [3.8, 4) is 11.5 Å². The molecule has 8 heteroatoms. The summed E-state index contributed by atoms with van der Waals surface area (Å²) in [5.74, 6) is 0.755. The molecule has 2 aromatic rings. The maximum absolute atomic E-state index is 12.7. The smallest absolute Gasteiger partial charge is 0.416 e. The van der Waals surface area contributed by atoms with E-state index in [9.17, 15) is 18.0 Å². The monoisotopic (exact) mass is 397 g/mol. The molecule has 0 heterocycles. The summed E-state index contributed by atoms with van der Waals surface area (Å²) in [5.41, 5.74) is 0.757. The number of alkyl halides is 3. The van der Waals surface area contributed by atoms with Gasteiger partial charge < -0.3 is 14.2 Å². The van der Waals surface area contributed by atoms with Crippen molar-refractivity contribution >= 4 is 5.97 Å². The van der Waals surface area contributed by atoms with E-state index < -0.39 is 17.7 Å². The van der Waals surface area contributed by atoms with Gasteiger partial charge in [-0.1, -0.05) is 12.1 Å². The SMILES string of the molecule is COC(=O)CN(Cc1ccc(C(F)(F)F)cc1)Cc1cc(OC)cc(OC)c1. The Morgan fingerprint density at radius 3 is 1.89 bits per heavy atom. The van der Waals surface area contributed by atoms with E-state index in [2.05, 4.69) is 0 Å². The fraction of sp³-hybridized carbons (Fsp3) is 0.350. The Hall–Kier alpha value is -2.74. The van der Waals surface area contributed by atoms with Gasteiger partial charge in [0.05, 0.1) is 33.4 Å². The lowest BCUT2D eigenvalue weighted by atomic mass is 10.1. The van der Waals surface area contributed by atoms with Gasteiger partial charge in [0.2, 0.25) is 0 Å². The highest BCUT2D eigenvalue weighted by Crippen LogP contribution is 2.29. The van der Waals surface area contributed by atoms with Crippen LogP contribution in [0.4, 0.5) is 13.2 Å². The lowest BCUT2D eigenvalue weighted by Gasteiger charge is -2.22. The molecule has 2 aromatic carbocycles. The molecule has 0 aliphatic rings. The summed E-state index contributed by atoms with van der Waals surface area (Å²) in [6, 6.07) is 10.2. The number of methoxy groups -OCH3 is 3. The van der Waals surface area contributed by atoms with E-state index >= 15 is 0 Å². The predicted octanol–water partition coefficient (Wildman–Crippen LogP) is 3.90. The minimum absolute atomic E-state index is 0.0168. The molecular weight excluding hydrogens is 375 g/mol. The molecule has 0 aromatic heterocycles. The number of benzene rings is 2. The third-order valence-corrected chi connectivity index (χ3v) is 4.09. The molecule has 152 valence electrons. The van der Waals surface area contributed by atoms with Crippen molar-refractivity contribution in [3.63, 3.8) is 0 Å². The van der Waals surface area contributed by atoms with Crippen LogP contribution in [0.5, 0.6) is 11.5 Å². The van der Waals surface area contributed by atoms with Crippen LogP contribution >= 0.6 is 0 Å². The summed E-state index contributed by atoms with van der Waals surface area (Å²) in [7, 11) is 4.35. The Morgan fingerprint density at radius 1 is 0.893 bits per heavy atom. The van der Waals surface area contributed by atoms with Gasteiger partial charge in [-0.25, -0.2) is 0 Å². The first-order chi connectivity index (χ1) is 13.2. The van der Waals surface area contributed by atoms with Crippen LogP contribution in [0.2, 0.25) is 0 Å². The lowest BCUT2D eigenvalue weighted by Crippen LogP contribution is -2.30. The molecule has 28 heavy (non-hydrogen) atoms. The van der Waals surface area contributed by atoms with Crippen molar-refractivity contribution in [2.45, 2.75) is 19.3 Å². The molecule has 0 amide bonds. The molecule has 0 saturated heterocycles. The van der Waals surface area contributed by atoms with Gasteiger partial charge in [0.25, 0.3) is 0 Å². The number of carbonyl (C=O) groups is 1. The maximum Gasteiger partial charge on any atom is 0.416 e. The van der Waals surface area contributed by atoms with Crippen molar-refractivity contribution in [3.05, 3.63) is 59.2 Å². The van der Waals surface area contributed by atoms with Crippen LogP contribution in [-0.2, 0) is 28.8 Å². The second-order valence-corrected chi connectivity index (χ2v) is 6.14. The average Bonchev–Trinajstić information content (AvgIpc) is 2.67. The molecule has 0 aliphatic carbocycles.